The third-order valence-electron chi connectivity index (χ3n) is 2.19. The zero-order valence-corrected chi connectivity index (χ0v) is 10.3. The fourth-order valence-electron chi connectivity index (χ4n) is 1.32. The number of nitrogens with zero attached hydrogens (tertiary/aromatic N) is 1. The Labute approximate surface area is 102 Å². The van der Waals surface area contributed by atoms with Gasteiger partial charge in [-0.2, -0.15) is 5.10 Å². The van der Waals surface area contributed by atoms with Crippen LogP contribution < -0.4 is 11.2 Å². The third kappa shape index (κ3) is 4.89. The van der Waals surface area contributed by atoms with E-state index in [1.54, 1.807) is 6.21 Å². The lowest BCUT2D eigenvalue weighted by Gasteiger charge is -2.00. The molecule has 0 heterocycles. The molecule has 16 heavy (non-hydrogen) atoms. The first-order valence-corrected chi connectivity index (χ1v) is 5.80. The molecule has 3 nitrogen and oxygen atoms in total. The van der Waals surface area contributed by atoms with Crippen LogP contribution in [0.5, 0.6) is 0 Å². The molecule has 0 amide bonds. The molecule has 0 aliphatic rings. The van der Waals surface area contributed by atoms with Gasteiger partial charge in [0.15, 0.2) is 5.11 Å². The number of nitrogens with two attached hydrogens (primary N) is 1. The maximum atomic E-state index is 5.24. The van der Waals surface area contributed by atoms with E-state index in [9.17, 15) is 0 Å². The van der Waals surface area contributed by atoms with E-state index in [1.165, 1.54) is 18.4 Å². The summed E-state index contributed by atoms with van der Waals surface area (Å²) in [5.41, 5.74) is 10.2. The highest BCUT2D eigenvalue weighted by molar-refractivity contribution is 7.80. The van der Waals surface area contributed by atoms with Crippen LogP contribution >= 0.6 is 12.2 Å². The molecule has 0 aromatic heterocycles. The van der Waals surface area contributed by atoms with Crippen LogP contribution in [0, 0.1) is 0 Å². The van der Waals surface area contributed by atoms with E-state index < -0.39 is 0 Å². The summed E-state index contributed by atoms with van der Waals surface area (Å²) >= 11 is 4.63. The Hall–Kier alpha value is -1.42. The van der Waals surface area contributed by atoms with Crippen LogP contribution in [0.15, 0.2) is 29.4 Å². The van der Waals surface area contributed by atoms with Crippen molar-refractivity contribution in [1.82, 2.24) is 5.43 Å². The fraction of sp³-hybridized carbons (Fsp3) is 0.333. The second kappa shape index (κ2) is 6.95. The molecule has 0 fully saturated rings. The number of benzene rings is 1. The molecule has 1 rings (SSSR count). The number of nitrogens with one attached hydrogen (secondary N) is 1. The first kappa shape index (κ1) is 12.6. The van der Waals surface area contributed by atoms with E-state index in [2.05, 4.69) is 41.8 Å². The quantitative estimate of drug-likeness (QED) is 0.467. The van der Waals surface area contributed by atoms with Gasteiger partial charge in [-0.15, -0.1) is 0 Å². The van der Waals surface area contributed by atoms with Gasteiger partial charge in [-0.25, -0.2) is 0 Å². The van der Waals surface area contributed by atoms with E-state index in [0.29, 0.717) is 0 Å². The monoisotopic (exact) mass is 235 g/mol. The maximum absolute atomic E-state index is 5.24. The van der Waals surface area contributed by atoms with Gasteiger partial charge in [0.1, 0.15) is 0 Å². The summed E-state index contributed by atoms with van der Waals surface area (Å²) in [5, 5.41) is 4.07. The summed E-state index contributed by atoms with van der Waals surface area (Å²) in [7, 11) is 0. The van der Waals surface area contributed by atoms with Gasteiger partial charge < -0.3 is 5.73 Å². The highest BCUT2D eigenvalue weighted by atomic mass is 32.1. The van der Waals surface area contributed by atoms with Gasteiger partial charge in [-0.1, -0.05) is 37.6 Å². The molecule has 0 atom stereocenters. The topological polar surface area (TPSA) is 50.4 Å². The van der Waals surface area contributed by atoms with Gasteiger partial charge in [-0.05, 0) is 36.2 Å². The molecular formula is C12H17N3S. The molecule has 0 bridgehead atoms. The van der Waals surface area contributed by atoms with Crippen LogP contribution in [0.4, 0.5) is 0 Å². The standard InChI is InChI=1S/C12H17N3S/c1-2-3-4-10-5-7-11(8-6-10)9-14-15-12(13)16/h5-9H,2-4H2,1H3,(H3,13,15,16)/b14-9+. The highest BCUT2D eigenvalue weighted by Gasteiger charge is 1.92. The first-order valence-electron chi connectivity index (χ1n) is 5.40. The normalized spacial score (nSPS) is 10.6. The summed E-state index contributed by atoms with van der Waals surface area (Å²) in [6, 6.07) is 8.32. The molecule has 1 aromatic carbocycles. The van der Waals surface area contributed by atoms with Crippen LogP contribution in [0.1, 0.15) is 30.9 Å². The number of aryl methyl sites for hydroxylation is 1. The average Bonchev–Trinajstić information content (AvgIpc) is 2.27. The van der Waals surface area contributed by atoms with E-state index in [0.717, 1.165) is 12.0 Å². The van der Waals surface area contributed by atoms with Crippen LogP contribution in [0.2, 0.25) is 0 Å². The Kier molecular flexibility index (Phi) is 5.50. The Morgan fingerprint density at radius 3 is 2.69 bits per heavy atom. The lowest BCUT2D eigenvalue weighted by Crippen LogP contribution is -2.23. The Morgan fingerprint density at radius 2 is 2.12 bits per heavy atom. The molecular weight excluding hydrogens is 218 g/mol. The lowest BCUT2D eigenvalue weighted by molar-refractivity contribution is 0.795. The molecule has 1 aromatic rings. The van der Waals surface area contributed by atoms with Crippen molar-refractivity contribution in [2.75, 3.05) is 0 Å². The van der Waals surface area contributed by atoms with Crippen molar-refractivity contribution in [2.45, 2.75) is 26.2 Å². The molecule has 0 unspecified atom stereocenters. The summed E-state index contributed by atoms with van der Waals surface area (Å²) in [6.45, 7) is 2.20. The van der Waals surface area contributed by atoms with Crippen molar-refractivity contribution in [3.63, 3.8) is 0 Å². The molecule has 0 aliphatic carbocycles. The minimum absolute atomic E-state index is 0.177. The van der Waals surface area contributed by atoms with Crippen LogP contribution in [0.3, 0.4) is 0 Å². The smallest absolute Gasteiger partial charge is 0.184 e. The molecule has 0 radical (unpaired) electrons. The number of rotatable bonds is 5. The summed E-state index contributed by atoms with van der Waals surface area (Å²) < 4.78 is 0. The van der Waals surface area contributed by atoms with Crippen molar-refractivity contribution < 1.29 is 0 Å². The third-order valence-corrected chi connectivity index (χ3v) is 2.28. The fourth-order valence-corrected chi connectivity index (χ4v) is 1.37. The zero-order valence-electron chi connectivity index (χ0n) is 9.44. The predicted octanol–water partition coefficient (Wildman–Crippen LogP) is 2.20. The summed E-state index contributed by atoms with van der Waals surface area (Å²) in [4.78, 5) is 0. The van der Waals surface area contributed by atoms with Crippen LogP contribution in [0.25, 0.3) is 0 Å². The molecule has 0 aliphatic heterocycles. The molecule has 86 valence electrons. The number of hydrogen-bond donors (Lipinski definition) is 2. The van der Waals surface area contributed by atoms with Crippen LogP contribution in [-0.4, -0.2) is 11.3 Å². The SMILES string of the molecule is CCCCc1ccc(/C=N/NC(N)=S)cc1. The summed E-state index contributed by atoms with van der Waals surface area (Å²) in [5.74, 6) is 0. The Morgan fingerprint density at radius 1 is 1.44 bits per heavy atom. The van der Waals surface area contributed by atoms with Crippen molar-refractivity contribution in [3.8, 4) is 0 Å². The second-order valence-corrected chi connectivity index (χ2v) is 4.02. The zero-order chi connectivity index (χ0) is 11.8. The average molecular weight is 235 g/mol. The highest BCUT2D eigenvalue weighted by Crippen LogP contribution is 2.06. The largest absolute Gasteiger partial charge is 0.375 e. The van der Waals surface area contributed by atoms with E-state index >= 15 is 0 Å². The predicted molar refractivity (Wildman–Crippen MR) is 72.6 cm³/mol. The molecule has 3 N–H and O–H groups in total. The maximum Gasteiger partial charge on any atom is 0.184 e. The second-order valence-electron chi connectivity index (χ2n) is 3.58. The molecule has 0 saturated carbocycles. The number of unbranched alkanes of at least 4 members (excludes halogenated alkanes) is 1. The Bertz CT molecular complexity index is 357. The van der Waals surface area contributed by atoms with Gasteiger partial charge in [0, 0.05) is 0 Å². The van der Waals surface area contributed by atoms with Crippen molar-refractivity contribution in [1.29, 1.82) is 0 Å². The number of hydrogen-bond acceptors (Lipinski definition) is 2. The minimum Gasteiger partial charge on any atom is -0.375 e. The molecule has 4 heteroatoms. The van der Waals surface area contributed by atoms with Crippen molar-refractivity contribution in [3.05, 3.63) is 35.4 Å². The van der Waals surface area contributed by atoms with Gasteiger partial charge in [0.25, 0.3) is 0 Å². The van der Waals surface area contributed by atoms with E-state index in [4.69, 9.17) is 5.73 Å². The van der Waals surface area contributed by atoms with E-state index in [1.807, 2.05) is 12.1 Å². The van der Waals surface area contributed by atoms with Gasteiger partial charge in [-0.3, -0.25) is 5.43 Å². The molecule has 0 spiro atoms. The van der Waals surface area contributed by atoms with Gasteiger partial charge >= 0.3 is 0 Å². The van der Waals surface area contributed by atoms with Gasteiger partial charge in [0.2, 0.25) is 0 Å². The van der Waals surface area contributed by atoms with E-state index in [-0.39, 0.29) is 5.11 Å². The van der Waals surface area contributed by atoms with Crippen LogP contribution in [-0.2, 0) is 6.42 Å². The van der Waals surface area contributed by atoms with Crippen molar-refractivity contribution in [2.24, 2.45) is 10.8 Å². The van der Waals surface area contributed by atoms with Crippen molar-refractivity contribution >= 4 is 23.5 Å². The van der Waals surface area contributed by atoms with Gasteiger partial charge in [0.05, 0.1) is 6.21 Å². The summed E-state index contributed by atoms with van der Waals surface area (Å²) in [6.07, 6.45) is 5.29. The minimum atomic E-state index is 0.177. The number of hydrazone groups is 1. The number of thiocarbonyl (C=S) groups is 1. The first-order chi connectivity index (χ1) is 7.72. The lowest BCUT2D eigenvalue weighted by atomic mass is 10.1. The Balaban J connectivity index is 2.50. The molecule has 0 saturated heterocycles.